The van der Waals surface area contributed by atoms with Gasteiger partial charge in [-0.15, -0.1) is 0 Å². The smallest absolute Gasteiger partial charge is 0.253 e. The number of methoxy groups -OCH3 is 1. The lowest BCUT2D eigenvalue weighted by Gasteiger charge is -2.26. The van der Waals surface area contributed by atoms with Crippen LogP contribution in [0.3, 0.4) is 0 Å². The maximum Gasteiger partial charge on any atom is 0.253 e. The number of aryl methyl sites for hydroxylation is 1. The van der Waals surface area contributed by atoms with Gasteiger partial charge < -0.3 is 14.5 Å². The third-order valence-corrected chi connectivity index (χ3v) is 8.99. The van der Waals surface area contributed by atoms with E-state index in [1.54, 1.807) is 7.11 Å². The predicted molar refractivity (Wildman–Crippen MR) is 156 cm³/mol. The lowest BCUT2D eigenvalue weighted by atomic mass is 10.0. The first-order valence-corrected chi connectivity index (χ1v) is 15.4. The van der Waals surface area contributed by atoms with Crippen molar-refractivity contribution >= 4 is 11.4 Å². The molecule has 6 nitrogen and oxygen atoms in total. The molecule has 0 bridgehead atoms. The van der Waals surface area contributed by atoms with Crippen LogP contribution in [0.1, 0.15) is 80.1 Å². The highest BCUT2D eigenvalue weighted by Gasteiger charge is 2.27. The SMILES string of the molecule is COc1ccc(-c2nn3ccc(C(=O)N(CCC4CC4)CCC4CC4)cc3c2CCCN2CCCCC2)cc1. The Morgan fingerprint density at radius 3 is 2.31 bits per heavy atom. The van der Waals surface area contributed by atoms with E-state index < -0.39 is 0 Å². The molecule has 208 valence electrons. The molecule has 0 spiro atoms. The topological polar surface area (TPSA) is 50.1 Å². The zero-order valence-electron chi connectivity index (χ0n) is 23.6. The summed E-state index contributed by atoms with van der Waals surface area (Å²) in [5.41, 5.74) is 5.22. The fourth-order valence-electron chi connectivity index (χ4n) is 6.10. The number of amides is 1. The number of ether oxygens (including phenoxy) is 1. The molecule has 2 saturated carbocycles. The summed E-state index contributed by atoms with van der Waals surface area (Å²) in [6.07, 6.45) is 15.7. The number of aromatic nitrogens is 2. The highest BCUT2D eigenvalue weighted by Crippen LogP contribution is 2.35. The molecule has 0 atom stereocenters. The van der Waals surface area contributed by atoms with Gasteiger partial charge in [0.05, 0.1) is 18.3 Å². The summed E-state index contributed by atoms with van der Waals surface area (Å²) in [4.78, 5) is 18.6. The minimum Gasteiger partial charge on any atom is -0.497 e. The number of likely N-dealkylation sites (tertiary alicyclic amines) is 1. The van der Waals surface area contributed by atoms with Gasteiger partial charge in [0.1, 0.15) is 5.75 Å². The van der Waals surface area contributed by atoms with Gasteiger partial charge in [0.2, 0.25) is 0 Å². The van der Waals surface area contributed by atoms with Crippen molar-refractivity contribution in [3.63, 3.8) is 0 Å². The molecule has 3 fully saturated rings. The normalized spacial score (nSPS) is 18.0. The molecule has 39 heavy (non-hydrogen) atoms. The number of piperidine rings is 1. The van der Waals surface area contributed by atoms with Gasteiger partial charge in [0.25, 0.3) is 5.91 Å². The fourth-order valence-corrected chi connectivity index (χ4v) is 6.10. The Morgan fingerprint density at radius 1 is 0.974 bits per heavy atom. The zero-order chi connectivity index (χ0) is 26.6. The lowest BCUT2D eigenvalue weighted by molar-refractivity contribution is 0.0747. The van der Waals surface area contributed by atoms with Crippen LogP contribution < -0.4 is 4.74 Å². The summed E-state index contributed by atoms with van der Waals surface area (Å²) in [6.45, 7) is 5.33. The standard InChI is InChI=1S/C33H44N4O2/c1-39-29-13-11-27(12-14-29)32-30(6-5-20-35-18-3-2-4-19-35)31-24-28(17-23-37(31)34-32)33(38)36(21-15-25-7-8-25)22-16-26-9-10-26/h11-14,17,23-26H,2-10,15-16,18-22H2,1H3. The Morgan fingerprint density at radius 2 is 1.67 bits per heavy atom. The van der Waals surface area contributed by atoms with Crippen molar-refractivity contribution in [1.82, 2.24) is 19.4 Å². The van der Waals surface area contributed by atoms with Gasteiger partial charge in [-0.2, -0.15) is 5.10 Å². The molecule has 3 aliphatic rings. The minimum absolute atomic E-state index is 0.185. The van der Waals surface area contributed by atoms with Crippen LogP contribution in [0.4, 0.5) is 0 Å². The maximum absolute atomic E-state index is 13.8. The molecule has 2 aliphatic carbocycles. The Kier molecular flexibility index (Phi) is 8.19. The molecule has 1 aromatic carbocycles. The molecule has 3 heterocycles. The van der Waals surface area contributed by atoms with Gasteiger partial charge in [-0.05, 0) is 106 Å². The van der Waals surface area contributed by atoms with Crippen molar-refractivity contribution in [3.8, 4) is 17.0 Å². The number of fused-ring (bicyclic) bond motifs is 1. The second kappa shape index (κ2) is 12.1. The average molecular weight is 529 g/mol. The van der Waals surface area contributed by atoms with Crippen LogP contribution in [-0.4, -0.2) is 65.2 Å². The summed E-state index contributed by atoms with van der Waals surface area (Å²) >= 11 is 0. The number of rotatable bonds is 13. The zero-order valence-corrected chi connectivity index (χ0v) is 23.6. The highest BCUT2D eigenvalue weighted by atomic mass is 16.5. The third-order valence-electron chi connectivity index (χ3n) is 8.99. The first kappa shape index (κ1) is 26.4. The van der Waals surface area contributed by atoms with Crippen molar-refractivity contribution in [2.24, 2.45) is 11.8 Å². The summed E-state index contributed by atoms with van der Waals surface area (Å²) in [5, 5.41) is 5.02. The summed E-state index contributed by atoms with van der Waals surface area (Å²) in [7, 11) is 1.70. The summed E-state index contributed by atoms with van der Waals surface area (Å²) in [6, 6.07) is 12.3. The van der Waals surface area contributed by atoms with Gasteiger partial charge in [-0.3, -0.25) is 4.79 Å². The molecule has 1 saturated heterocycles. The molecule has 1 aliphatic heterocycles. The van der Waals surface area contributed by atoms with Gasteiger partial charge in [0.15, 0.2) is 0 Å². The Bertz CT molecular complexity index is 1240. The Hall–Kier alpha value is -2.86. The predicted octanol–water partition coefficient (Wildman–Crippen LogP) is 6.47. The first-order valence-electron chi connectivity index (χ1n) is 15.4. The second-order valence-electron chi connectivity index (χ2n) is 12.1. The van der Waals surface area contributed by atoms with Gasteiger partial charge >= 0.3 is 0 Å². The second-order valence-corrected chi connectivity index (χ2v) is 12.1. The quantitative estimate of drug-likeness (QED) is 0.255. The highest BCUT2D eigenvalue weighted by molar-refractivity contribution is 5.95. The number of nitrogens with zero attached hydrogens (tertiary/aromatic N) is 4. The van der Waals surface area contributed by atoms with Crippen LogP contribution in [0.15, 0.2) is 42.6 Å². The first-order chi connectivity index (χ1) is 19.2. The lowest BCUT2D eigenvalue weighted by Crippen LogP contribution is -2.33. The number of carbonyl (C=O) groups is 1. The molecular weight excluding hydrogens is 484 g/mol. The molecule has 2 aromatic heterocycles. The largest absolute Gasteiger partial charge is 0.497 e. The Balaban J connectivity index is 1.27. The van der Waals surface area contributed by atoms with Crippen molar-refractivity contribution in [1.29, 1.82) is 0 Å². The molecule has 1 amide bonds. The van der Waals surface area contributed by atoms with Crippen LogP contribution in [0.5, 0.6) is 5.75 Å². The number of pyridine rings is 1. The third kappa shape index (κ3) is 6.66. The van der Waals surface area contributed by atoms with E-state index in [0.29, 0.717) is 0 Å². The molecule has 0 radical (unpaired) electrons. The monoisotopic (exact) mass is 528 g/mol. The van der Waals surface area contributed by atoms with E-state index in [0.717, 1.165) is 85.2 Å². The summed E-state index contributed by atoms with van der Waals surface area (Å²) in [5.74, 6) is 2.69. The van der Waals surface area contributed by atoms with Crippen LogP contribution in [-0.2, 0) is 6.42 Å². The molecule has 6 rings (SSSR count). The van der Waals surface area contributed by atoms with E-state index in [2.05, 4.69) is 28.0 Å². The summed E-state index contributed by atoms with van der Waals surface area (Å²) < 4.78 is 7.37. The van der Waals surface area contributed by atoms with E-state index in [4.69, 9.17) is 9.84 Å². The Labute approximate surface area is 233 Å². The van der Waals surface area contributed by atoms with Crippen molar-refractivity contribution in [2.45, 2.75) is 70.6 Å². The average Bonchev–Trinajstić information content (AvgIpc) is 3.92. The van der Waals surface area contributed by atoms with E-state index in [1.165, 1.54) is 63.6 Å². The van der Waals surface area contributed by atoms with Crippen LogP contribution >= 0.6 is 0 Å². The maximum atomic E-state index is 13.8. The number of carbonyl (C=O) groups excluding carboxylic acids is 1. The fraction of sp³-hybridized carbons (Fsp3) is 0.576. The van der Waals surface area contributed by atoms with E-state index >= 15 is 0 Å². The van der Waals surface area contributed by atoms with E-state index in [-0.39, 0.29) is 5.91 Å². The molecule has 0 unspecified atom stereocenters. The number of hydrogen-bond acceptors (Lipinski definition) is 4. The van der Waals surface area contributed by atoms with Gasteiger partial charge in [-0.25, -0.2) is 4.52 Å². The van der Waals surface area contributed by atoms with Crippen LogP contribution in [0.2, 0.25) is 0 Å². The van der Waals surface area contributed by atoms with Crippen molar-refractivity contribution in [3.05, 3.63) is 53.7 Å². The molecule has 6 heteroatoms. The van der Waals surface area contributed by atoms with Gasteiger partial charge in [-0.1, -0.05) is 32.1 Å². The van der Waals surface area contributed by atoms with Crippen molar-refractivity contribution < 1.29 is 9.53 Å². The van der Waals surface area contributed by atoms with Gasteiger partial charge in [0, 0.05) is 36.0 Å². The molecule has 3 aromatic rings. The van der Waals surface area contributed by atoms with Crippen LogP contribution in [0.25, 0.3) is 16.8 Å². The minimum atomic E-state index is 0.185. The number of benzene rings is 1. The molecule has 0 N–H and O–H groups in total. The molecular formula is C33H44N4O2. The van der Waals surface area contributed by atoms with Crippen LogP contribution in [0, 0.1) is 11.8 Å². The van der Waals surface area contributed by atoms with E-state index in [9.17, 15) is 4.79 Å². The van der Waals surface area contributed by atoms with Crippen molar-refractivity contribution in [2.75, 3.05) is 39.8 Å². The van der Waals surface area contributed by atoms with E-state index in [1.807, 2.05) is 28.9 Å². The number of hydrogen-bond donors (Lipinski definition) is 0.